The Bertz CT molecular complexity index is 247. The average Bonchev–Trinajstić information content (AvgIpc) is 2.07. The maximum absolute atomic E-state index is 11.8. The van der Waals surface area contributed by atoms with Crippen LogP contribution in [0.5, 0.6) is 0 Å². The highest BCUT2D eigenvalue weighted by Gasteiger charge is 2.31. The number of anilines is 1. The van der Waals surface area contributed by atoms with Crippen molar-refractivity contribution in [3.8, 4) is 0 Å². The minimum atomic E-state index is -4.40. The Hall–Kier alpha value is -1.33. The van der Waals surface area contributed by atoms with E-state index in [2.05, 4.69) is 9.97 Å². The van der Waals surface area contributed by atoms with Crippen molar-refractivity contribution < 1.29 is 14.6 Å². The predicted octanol–water partition coefficient (Wildman–Crippen LogP) is 2.35. The Labute approximate surface area is 75.3 Å². The summed E-state index contributed by atoms with van der Waals surface area (Å²) in [4.78, 5) is 6.38. The third kappa shape index (κ3) is 3.73. The Balaban J connectivity index is 0. The zero-order valence-electron chi connectivity index (χ0n) is 7.26. The zero-order valence-corrected chi connectivity index (χ0v) is 7.26. The molecule has 1 aromatic rings. The van der Waals surface area contributed by atoms with Gasteiger partial charge < -0.3 is 5.73 Å². The lowest BCUT2D eigenvalue weighted by molar-refractivity contribution is -0.138. The van der Waals surface area contributed by atoms with E-state index in [1.54, 1.807) is 0 Å². The summed E-state index contributed by atoms with van der Waals surface area (Å²) in [7, 11) is 0. The van der Waals surface area contributed by atoms with E-state index >= 15 is 0 Å². The monoisotopic (exact) mass is 195 g/mol. The number of hydrogen-bond donors (Lipinski definition) is 1. The predicted molar refractivity (Wildman–Crippen MR) is 44.9 cm³/mol. The van der Waals surface area contributed by atoms with Crippen molar-refractivity contribution in [2.75, 3.05) is 5.73 Å². The molecule has 0 amide bonds. The zero-order chi connectivity index (χ0) is 10.5. The van der Waals surface area contributed by atoms with E-state index in [1.807, 2.05) is 13.8 Å². The summed E-state index contributed by atoms with van der Waals surface area (Å²) in [6.07, 6.45) is -3.11. The summed E-state index contributed by atoms with van der Waals surface area (Å²) in [5.41, 5.74) is 4.08. The van der Waals surface area contributed by atoms with Crippen LogP contribution < -0.4 is 5.73 Å². The molecule has 0 aliphatic heterocycles. The molecule has 6 heteroatoms. The van der Waals surface area contributed by atoms with Crippen molar-refractivity contribution in [1.82, 2.24) is 9.97 Å². The average molecular weight is 195 g/mol. The van der Waals surface area contributed by atoms with Gasteiger partial charge in [-0.05, 0) is 0 Å². The second-order valence-corrected chi connectivity index (χ2v) is 1.83. The van der Waals surface area contributed by atoms with Crippen LogP contribution in [0, 0.1) is 0 Å². The highest BCUT2D eigenvalue weighted by molar-refractivity contribution is 5.18. The van der Waals surface area contributed by atoms with Crippen LogP contribution in [-0.2, 0) is 6.18 Å². The van der Waals surface area contributed by atoms with Gasteiger partial charge in [0.1, 0.15) is 0 Å². The SMILES string of the molecule is CC.Nc1ncc(C(F)(F)F)cn1.[HH]. The van der Waals surface area contributed by atoms with Gasteiger partial charge in [-0.3, -0.25) is 0 Å². The molecule has 0 saturated heterocycles. The van der Waals surface area contributed by atoms with E-state index in [9.17, 15) is 13.2 Å². The summed E-state index contributed by atoms with van der Waals surface area (Å²) in [6.45, 7) is 4.00. The number of halogens is 3. The molecule has 0 unspecified atom stereocenters. The number of hydrogen-bond acceptors (Lipinski definition) is 3. The molecule has 0 radical (unpaired) electrons. The molecular weight excluding hydrogens is 183 g/mol. The van der Waals surface area contributed by atoms with Gasteiger partial charge in [-0.15, -0.1) is 0 Å². The molecule has 0 bridgehead atoms. The molecule has 1 aromatic heterocycles. The number of aromatic nitrogens is 2. The number of rotatable bonds is 0. The number of nitrogens with two attached hydrogens (primary N) is 1. The summed E-state index contributed by atoms with van der Waals surface area (Å²) < 4.78 is 35.4. The van der Waals surface area contributed by atoms with Gasteiger partial charge in [-0.1, -0.05) is 13.8 Å². The van der Waals surface area contributed by atoms with Gasteiger partial charge in [-0.25, -0.2) is 9.97 Å². The lowest BCUT2D eigenvalue weighted by Gasteiger charge is -2.03. The molecule has 0 spiro atoms. The van der Waals surface area contributed by atoms with E-state index in [1.165, 1.54) is 0 Å². The normalized spacial score (nSPS) is 10.2. The molecule has 0 aromatic carbocycles. The van der Waals surface area contributed by atoms with Crippen molar-refractivity contribution in [2.45, 2.75) is 20.0 Å². The van der Waals surface area contributed by atoms with Crippen molar-refractivity contribution in [3.05, 3.63) is 18.0 Å². The Morgan fingerprint density at radius 1 is 1.23 bits per heavy atom. The third-order valence-corrected chi connectivity index (χ3v) is 0.999. The van der Waals surface area contributed by atoms with Crippen LogP contribution in [0.15, 0.2) is 12.4 Å². The van der Waals surface area contributed by atoms with Crippen LogP contribution in [-0.4, -0.2) is 9.97 Å². The van der Waals surface area contributed by atoms with Gasteiger partial charge in [0.2, 0.25) is 5.95 Å². The van der Waals surface area contributed by atoms with Crippen LogP contribution >= 0.6 is 0 Å². The molecule has 76 valence electrons. The first kappa shape index (κ1) is 11.7. The molecule has 0 aliphatic rings. The largest absolute Gasteiger partial charge is 0.419 e. The summed E-state index contributed by atoms with van der Waals surface area (Å²) in [5, 5.41) is 0. The molecule has 3 nitrogen and oxygen atoms in total. The van der Waals surface area contributed by atoms with Crippen LogP contribution in [0.1, 0.15) is 20.8 Å². The maximum Gasteiger partial charge on any atom is 0.419 e. The van der Waals surface area contributed by atoms with Crippen molar-refractivity contribution in [3.63, 3.8) is 0 Å². The number of nitrogen functional groups attached to an aromatic ring is 1. The lowest BCUT2D eigenvalue weighted by atomic mass is 10.3. The smallest absolute Gasteiger partial charge is 0.368 e. The van der Waals surface area contributed by atoms with E-state index in [0.717, 1.165) is 0 Å². The minimum Gasteiger partial charge on any atom is -0.368 e. The molecule has 2 N–H and O–H groups in total. The quantitative estimate of drug-likeness (QED) is 0.691. The first-order valence-corrected chi connectivity index (χ1v) is 3.65. The maximum atomic E-state index is 11.8. The molecule has 0 saturated carbocycles. The van der Waals surface area contributed by atoms with Crippen molar-refractivity contribution >= 4 is 5.95 Å². The Morgan fingerprint density at radius 2 is 1.62 bits per heavy atom. The van der Waals surface area contributed by atoms with Crippen LogP contribution in [0.25, 0.3) is 0 Å². The summed E-state index contributed by atoms with van der Waals surface area (Å²) >= 11 is 0. The number of alkyl halides is 3. The van der Waals surface area contributed by atoms with Gasteiger partial charge in [0, 0.05) is 13.8 Å². The van der Waals surface area contributed by atoms with E-state index in [4.69, 9.17) is 5.73 Å². The second kappa shape index (κ2) is 4.64. The Morgan fingerprint density at radius 3 is 1.92 bits per heavy atom. The van der Waals surface area contributed by atoms with E-state index < -0.39 is 11.7 Å². The molecule has 1 rings (SSSR count). The molecule has 1 heterocycles. The molecular formula is C7H12F3N3. The fourth-order valence-electron chi connectivity index (χ4n) is 0.484. The highest BCUT2D eigenvalue weighted by atomic mass is 19.4. The van der Waals surface area contributed by atoms with Gasteiger partial charge >= 0.3 is 6.18 Å². The lowest BCUT2D eigenvalue weighted by Crippen LogP contribution is -2.07. The molecule has 0 atom stereocenters. The van der Waals surface area contributed by atoms with Gasteiger partial charge in [0.25, 0.3) is 0 Å². The Kier molecular flexibility index (Phi) is 4.16. The fraction of sp³-hybridized carbons (Fsp3) is 0.429. The standard InChI is InChI=1S/C5H4F3N3.C2H6.H2/c6-5(7,8)3-1-10-4(9)11-2-3;1-2;/h1-2H,(H2,9,10,11);1-2H3;1H. The first-order valence-electron chi connectivity index (χ1n) is 3.65. The molecule has 0 aliphatic carbocycles. The van der Waals surface area contributed by atoms with Crippen molar-refractivity contribution in [2.24, 2.45) is 0 Å². The van der Waals surface area contributed by atoms with Gasteiger partial charge in [-0.2, -0.15) is 13.2 Å². The van der Waals surface area contributed by atoms with Crippen LogP contribution in [0.4, 0.5) is 19.1 Å². The summed E-state index contributed by atoms with van der Waals surface area (Å²) in [5.74, 6) is -0.169. The minimum absolute atomic E-state index is 0. The van der Waals surface area contributed by atoms with Gasteiger partial charge in [0.05, 0.1) is 5.56 Å². The second-order valence-electron chi connectivity index (χ2n) is 1.83. The van der Waals surface area contributed by atoms with E-state index in [0.29, 0.717) is 12.4 Å². The van der Waals surface area contributed by atoms with Crippen LogP contribution in [0.3, 0.4) is 0 Å². The first-order chi connectivity index (χ1) is 6.00. The molecule has 13 heavy (non-hydrogen) atoms. The highest BCUT2D eigenvalue weighted by Crippen LogP contribution is 2.27. The fourth-order valence-corrected chi connectivity index (χ4v) is 0.484. The topological polar surface area (TPSA) is 51.8 Å². The summed E-state index contributed by atoms with van der Waals surface area (Å²) in [6, 6.07) is 0. The molecule has 0 fully saturated rings. The number of nitrogens with zero attached hydrogens (tertiary/aromatic N) is 2. The van der Waals surface area contributed by atoms with Crippen molar-refractivity contribution in [1.29, 1.82) is 0 Å². The van der Waals surface area contributed by atoms with Crippen LogP contribution in [0.2, 0.25) is 0 Å². The third-order valence-electron chi connectivity index (χ3n) is 0.999. The van der Waals surface area contributed by atoms with Gasteiger partial charge in [0.15, 0.2) is 0 Å². The van der Waals surface area contributed by atoms with E-state index in [-0.39, 0.29) is 7.37 Å².